The van der Waals surface area contributed by atoms with E-state index in [9.17, 15) is 4.79 Å². The molecule has 1 aliphatic heterocycles. The molecule has 0 amide bonds. The number of esters is 1. The third kappa shape index (κ3) is 2.27. The fraction of sp³-hybridized carbons (Fsp3) is 0.857. The zero-order valence-electron chi connectivity index (χ0n) is 7.28. The van der Waals surface area contributed by atoms with Gasteiger partial charge in [0.2, 0.25) is 0 Å². The number of nitrogens with zero attached hydrogens (tertiary/aromatic N) is 2. The summed E-state index contributed by atoms with van der Waals surface area (Å²) < 4.78 is 4.47. The van der Waals surface area contributed by atoms with Crippen LogP contribution in [0.1, 0.15) is 19.8 Å². The van der Waals surface area contributed by atoms with Gasteiger partial charge in [0.1, 0.15) is 6.04 Å². The van der Waals surface area contributed by atoms with Gasteiger partial charge in [-0.2, -0.15) is 10.2 Å². The van der Waals surface area contributed by atoms with E-state index in [4.69, 9.17) is 5.73 Å². The van der Waals surface area contributed by atoms with Crippen LogP contribution >= 0.6 is 0 Å². The maximum atomic E-state index is 10.8. The van der Waals surface area contributed by atoms with Crippen LogP contribution in [0.5, 0.6) is 0 Å². The number of methoxy groups -OCH3 is 1. The van der Waals surface area contributed by atoms with Crippen molar-refractivity contribution in [2.75, 3.05) is 7.11 Å². The lowest BCUT2D eigenvalue weighted by Gasteiger charge is -2.09. The summed E-state index contributed by atoms with van der Waals surface area (Å²) in [5.41, 5.74) is 5.23. The molecule has 0 aromatic carbocycles. The second-order valence-corrected chi connectivity index (χ2v) is 3.09. The molecule has 0 aromatic rings. The molecule has 0 fully saturated rings. The highest BCUT2D eigenvalue weighted by atomic mass is 16.5. The molecular weight excluding hydrogens is 158 g/mol. The molecule has 0 aliphatic carbocycles. The number of hydrogen-bond donors (Lipinski definition) is 1. The molecule has 0 saturated heterocycles. The number of nitrogens with two attached hydrogens (primary N) is 1. The van der Waals surface area contributed by atoms with E-state index in [1.54, 1.807) is 0 Å². The second-order valence-electron chi connectivity index (χ2n) is 3.09. The minimum atomic E-state index is -0.544. The smallest absolute Gasteiger partial charge is 0.322 e. The molecule has 0 radical (unpaired) electrons. The van der Waals surface area contributed by atoms with Gasteiger partial charge in [-0.1, -0.05) is 0 Å². The summed E-state index contributed by atoms with van der Waals surface area (Å²) >= 11 is 0. The van der Waals surface area contributed by atoms with Gasteiger partial charge in [-0.15, -0.1) is 0 Å². The average molecular weight is 171 g/mol. The summed E-state index contributed by atoms with van der Waals surface area (Å²) in [6, 6.07) is -0.544. The van der Waals surface area contributed by atoms with E-state index >= 15 is 0 Å². The normalized spacial score (nSPS) is 20.2. The number of carbonyl (C=O) groups is 1. The highest BCUT2D eigenvalue weighted by molar-refractivity contribution is 5.75. The van der Waals surface area contributed by atoms with E-state index in [0.717, 1.165) is 0 Å². The Labute approximate surface area is 71.0 Å². The molecule has 1 heterocycles. The second kappa shape index (κ2) is 3.18. The van der Waals surface area contributed by atoms with Gasteiger partial charge in [0.15, 0.2) is 5.66 Å². The Morgan fingerprint density at radius 1 is 1.67 bits per heavy atom. The lowest BCUT2D eigenvalue weighted by atomic mass is 10.1. The maximum Gasteiger partial charge on any atom is 0.322 e. The number of rotatable bonds is 4. The van der Waals surface area contributed by atoms with Crippen molar-refractivity contribution in [2.24, 2.45) is 16.0 Å². The fourth-order valence-corrected chi connectivity index (χ4v) is 0.884. The molecule has 2 N–H and O–H groups in total. The molecule has 5 nitrogen and oxygen atoms in total. The van der Waals surface area contributed by atoms with Crippen LogP contribution in [0.4, 0.5) is 0 Å². The van der Waals surface area contributed by atoms with Crippen molar-refractivity contribution in [2.45, 2.75) is 31.5 Å². The van der Waals surface area contributed by atoms with E-state index in [2.05, 4.69) is 15.0 Å². The van der Waals surface area contributed by atoms with Gasteiger partial charge in [-0.25, -0.2) is 0 Å². The van der Waals surface area contributed by atoms with Gasteiger partial charge in [-0.05, 0) is 19.8 Å². The Bertz CT molecular complexity index is 209. The van der Waals surface area contributed by atoms with Crippen LogP contribution in [0.3, 0.4) is 0 Å². The quantitative estimate of drug-likeness (QED) is 0.624. The van der Waals surface area contributed by atoms with Crippen LogP contribution in [0.15, 0.2) is 10.2 Å². The number of ether oxygens (including phenoxy) is 1. The lowest BCUT2D eigenvalue weighted by Crippen LogP contribution is -2.32. The number of carbonyl (C=O) groups excluding carboxylic acids is 1. The summed E-state index contributed by atoms with van der Waals surface area (Å²) in [7, 11) is 1.33. The summed E-state index contributed by atoms with van der Waals surface area (Å²) in [6.45, 7) is 1.90. The van der Waals surface area contributed by atoms with E-state index in [-0.39, 0.29) is 11.6 Å². The minimum Gasteiger partial charge on any atom is -0.468 e. The lowest BCUT2D eigenvalue weighted by molar-refractivity contribution is -0.142. The molecule has 0 spiro atoms. The van der Waals surface area contributed by atoms with Crippen molar-refractivity contribution in [3.8, 4) is 0 Å². The first-order valence-corrected chi connectivity index (χ1v) is 3.85. The van der Waals surface area contributed by atoms with Crippen LogP contribution < -0.4 is 5.73 Å². The zero-order chi connectivity index (χ0) is 9.19. The molecule has 0 bridgehead atoms. The predicted molar refractivity (Wildman–Crippen MR) is 42.5 cm³/mol. The standard InChI is InChI=1S/C7H13N3O2/c1-7(9-10-7)4-3-5(8)6(11)12-2/h5H,3-4,8H2,1-2H3. The van der Waals surface area contributed by atoms with E-state index < -0.39 is 6.04 Å². The van der Waals surface area contributed by atoms with Crippen LogP contribution in [-0.4, -0.2) is 24.8 Å². The zero-order valence-corrected chi connectivity index (χ0v) is 7.28. The van der Waals surface area contributed by atoms with E-state index in [0.29, 0.717) is 12.8 Å². The van der Waals surface area contributed by atoms with Gasteiger partial charge in [-0.3, -0.25) is 4.79 Å². The first kappa shape index (κ1) is 9.12. The predicted octanol–water partition coefficient (Wildman–Crippen LogP) is 0.449. The van der Waals surface area contributed by atoms with E-state index in [1.165, 1.54) is 7.11 Å². The molecule has 1 aliphatic rings. The largest absolute Gasteiger partial charge is 0.468 e. The highest BCUT2D eigenvalue weighted by Gasteiger charge is 2.34. The first-order valence-electron chi connectivity index (χ1n) is 3.85. The van der Waals surface area contributed by atoms with Crippen molar-refractivity contribution < 1.29 is 9.53 Å². The SMILES string of the molecule is COC(=O)C(N)CCC1(C)N=N1. The average Bonchev–Trinajstić information content (AvgIpc) is 2.79. The summed E-state index contributed by atoms with van der Waals surface area (Å²) in [5, 5.41) is 7.62. The van der Waals surface area contributed by atoms with Crippen LogP contribution in [0.2, 0.25) is 0 Å². The van der Waals surface area contributed by atoms with Crippen molar-refractivity contribution in [1.82, 2.24) is 0 Å². The Morgan fingerprint density at radius 2 is 2.25 bits per heavy atom. The first-order chi connectivity index (χ1) is 5.57. The summed E-state index contributed by atoms with van der Waals surface area (Å²) in [4.78, 5) is 10.8. The van der Waals surface area contributed by atoms with E-state index in [1.807, 2.05) is 6.92 Å². The van der Waals surface area contributed by atoms with Crippen molar-refractivity contribution in [3.05, 3.63) is 0 Å². The van der Waals surface area contributed by atoms with Gasteiger partial charge >= 0.3 is 5.97 Å². The minimum absolute atomic E-state index is 0.272. The molecular formula is C7H13N3O2. The van der Waals surface area contributed by atoms with Crippen molar-refractivity contribution in [3.63, 3.8) is 0 Å². The summed E-state index contributed by atoms with van der Waals surface area (Å²) in [6.07, 6.45) is 1.28. The summed E-state index contributed by atoms with van der Waals surface area (Å²) in [5.74, 6) is -0.376. The highest BCUT2D eigenvalue weighted by Crippen LogP contribution is 2.32. The van der Waals surface area contributed by atoms with Gasteiger partial charge < -0.3 is 10.5 Å². The van der Waals surface area contributed by atoms with Crippen LogP contribution in [-0.2, 0) is 9.53 Å². The van der Waals surface area contributed by atoms with Crippen molar-refractivity contribution in [1.29, 1.82) is 0 Å². The van der Waals surface area contributed by atoms with Crippen LogP contribution in [0.25, 0.3) is 0 Å². The number of hydrogen-bond acceptors (Lipinski definition) is 5. The van der Waals surface area contributed by atoms with Gasteiger partial charge in [0.05, 0.1) is 7.11 Å². The molecule has 0 aromatic heterocycles. The Kier molecular flexibility index (Phi) is 2.42. The van der Waals surface area contributed by atoms with Gasteiger partial charge in [0, 0.05) is 0 Å². The third-order valence-corrected chi connectivity index (χ3v) is 1.87. The monoisotopic (exact) mass is 171 g/mol. The molecule has 12 heavy (non-hydrogen) atoms. The Hall–Kier alpha value is -0.970. The maximum absolute atomic E-state index is 10.8. The Morgan fingerprint density at radius 3 is 2.67 bits per heavy atom. The van der Waals surface area contributed by atoms with Crippen molar-refractivity contribution >= 4 is 5.97 Å². The molecule has 5 heteroatoms. The molecule has 1 rings (SSSR count). The fourth-order valence-electron chi connectivity index (χ4n) is 0.884. The molecule has 1 unspecified atom stereocenters. The topological polar surface area (TPSA) is 77.0 Å². The van der Waals surface area contributed by atoms with Crippen LogP contribution in [0, 0.1) is 0 Å². The molecule has 68 valence electrons. The third-order valence-electron chi connectivity index (χ3n) is 1.87. The van der Waals surface area contributed by atoms with Gasteiger partial charge in [0.25, 0.3) is 0 Å². The molecule has 1 atom stereocenters. The Balaban J connectivity index is 2.18. The molecule has 0 saturated carbocycles.